The maximum Gasteiger partial charge on any atom is 0.258 e. The minimum atomic E-state index is -0.470. The summed E-state index contributed by atoms with van der Waals surface area (Å²) in [6.07, 6.45) is 1.87. The number of benzene rings is 1. The first-order valence-electron chi connectivity index (χ1n) is 6.05. The quantitative estimate of drug-likeness (QED) is 0.915. The Morgan fingerprint density at radius 1 is 1.42 bits per heavy atom. The molecule has 100 valence electrons. The summed E-state index contributed by atoms with van der Waals surface area (Å²) < 4.78 is 10.9. The first-order chi connectivity index (χ1) is 9.08. The average molecular weight is 281 g/mol. The Labute approximate surface area is 115 Å². The van der Waals surface area contributed by atoms with Crippen LogP contribution >= 0.6 is 11.6 Å². The maximum atomic E-state index is 9.39. The van der Waals surface area contributed by atoms with Crippen molar-refractivity contribution in [2.75, 3.05) is 6.61 Å². The van der Waals surface area contributed by atoms with Crippen LogP contribution in [0.4, 0.5) is 0 Å². The van der Waals surface area contributed by atoms with Crippen molar-refractivity contribution in [2.45, 2.75) is 25.4 Å². The van der Waals surface area contributed by atoms with Gasteiger partial charge >= 0.3 is 0 Å². The number of halogens is 1. The van der Waals surface area contributed by atoms with Gasteiger partial charge in [0.05, 0.1) is 5.02 Å². The van der Waals surface area contributed by atoms with Gasteiger partial charge in [-0.1, -0.05) is 16.8 Å². The standard InChI is InChI=1S/C13H13ClN2O3/c1-13(5-2-6-18-13)12-15-11(19-16-12)8-3-4-10(17)9(14)7-8/h3-4,7,17H,2,5-6H2,1H3. The molecule has 19 heavy (non-hydrogen) atoms. The third-order valence-corrected chi connectivity index (χ3v) is 3.62. The van der Waals surface area contributed by atoms with Gasteiger partial charge in [-0.25, -0.2) is 0 Å². The fraction of sp³-hybridized carbons (Fsp3) is 0.385. The lowest BCUT2D eigenvalue weighted by molar-refractivity contribution is 0.00768. The van der Waals surface area contributed by atoms with E-state index in [1.54, 1.807) is 12.1 Å². The highest BCUT2D eigenvalue weighted by Crippen LogP contribution is 2.35. The van der Waals surface area contributed by atoms with Crippen molar-refractivity contribution in [3.8, 4) is 17.2 Å². The van der Waals surface area contributed by atoms with Gasteiger partial charge in [0, 0.05) is 12.2 Å². The van der Waals surface area contributed by atoms with Gasteiger partial charge in [-0.15, -0.1) is 0 Å². The minimum absolute atomic E-state index is 0.0243. The third-order valence-electron chi connectivity index (χ3n) is 3.31. The highest BCUT2D eigenvalue weighted by atomic mass is 35.5. The maximum absolute atomic E-state index is 9.39. The van der Waals surface area contributed by atoms with Crippen molar-refractivity contribution < 1.29 is 14.4 Å². The summed E-state index contributed by atoms with van der Waals surface area (Å²) in [5.41, 5.74) is 0.200. The molecule has 3 rings (SSSR count). The van der Waals surface area contributed by atoms with Crippen LogP contribution in [0.5, 0.6) is 5.75 Å². The van der Waals surface area contributed by atoms with E-state index in [1.807, 2.05) is 6.92 Å². The number of hydrogen-bond acceptors (Lipinski definition) is 5. The highest BCUT2D eigenvalue weighted by molar-refractivity contribution is 6.32. The molecular formula is C13H13ClN2O3. The van der Waals surface area contributed by atoms with Crippen LogP contribution < -0.4 is 0 Å². The Bertz CT molecular complexity index is 606. The van der Waals surface area contributed by atoms with Crippen LogP contribution in [0.25, 0.3) is 11.5 Å². The van der Waals surface area contributed by atoms with Gasteiger partial charge in [-0.3, -0.25) is 0 Å². The molecule has 1 saturated heterocycles. The molecule has 0 spiro atoms. The Hall–Kier alpha value is -1.59. The molecule has 1 aromatic heterocycles. The summed E-state index contributed by atoms with van der Waals surface area (Å²) in [7, 11) is 0. The molecule has 0 radical (unpaired) electrons. The number of ether oxygens (including phenoxy) is 1. The molecule has 0 amide bonds. The topological polar surface area (TPSA) is 68.4 Å². The number of aromatic hydroxyl groups is 1. The second kappa shape index (κ2) is 4.51. The number of aromatic nitrogens is 2. The number of rotatable bonds is 2. The molecule has 1 atom stereocenters. The largest absolute Gasteiger partial charge is 0.506 e. The fourth-order valence-corrected chi connectivity index (χ4v) is 2.33. The summed E-state index contributed by atoms with van der Waals surface area (Å²) in [5.74, 6) is 0.939. The predicted molar refractivity (Wildman–Crippen MR) is 68.9 cm³/mol. The van der Waals surface area contributed by atoms with E-state index >= 15 is 0 Å². The van der Waals surface area contributed by atoms with Gasteiger partial charge in [0.2, 0.25) is 5.82 Å². The second-order valence-electron chi connectivity index (χ2n) is 4.77. The molecule has 0 saturated carbocycles. The van der Waals surface area contributed by atoms with Crippen molar-refractivity contribution in [1.29, 1.82) is 0 Å². The molecule has 0 bridgehead atoms. The monoisotopic (exact) mass is 280 g/mol. The van der Waals surface area contributed by atoms with Crippen molar-refractivity contribution in [3.05, 3.63) is 29.0 Å². The van der Waals surface area contributed by atoms with E-state index in [0.717, 1.165) is 12.8 Å². The molecule has 6 heteroatoms. The summed E-state index contributed by atoms with van der Waals surface area (Å²) in [5, 5.41) is 13.6. The number of hydrogen-bond donors (Lipinski definition) is 1. The molecule has 1 aliphatic rings. The van der Waals surface area contributed by atoms with Crippen molar-refractivity contribution in [3.63, 3.8) is 0 Å². The molecule has 1 aliphatic heterocycles. The molecule has 0 aliphatic carbocycles. The first-order valence-corrected chi connectivity index (χ1v) is 6.43. The van der Waals surface area contributed by atoms with E-state index in [9.17, 15) is 5.11 Å². The molecule has 1 N–H and O–H groups in total. The van der Waals surface area contributed by atoms with Gasteiger partial charge in [-0.05, 0) is 38.0 Å². The van der Waals surface area contributed by atoms with Crippen molar-refractivity contribution in [2.24, 2.45) is 0 Å². The van der Waals surface area contributed by atoms with Crippen LogP contribution in [0.2, 0.25) is 5.02 Å². The van der Waals surface area contributed by atoms with Crippen LogP contribution in [-0.2, 0) is 10.3 Å². The lowest BCUT2D eigenvalue weighted by atomic mass is 10.0. The minimum Gasteiger partial charge on any atom is -0.506 e. The summed E-state index contributed by atoms with van der Waals surface area (Å²) >= 11 is 5.86. The second-order valence-corrected chi connectivity index (χ2v) is 5.18. The van der Waals surface area contributed by atoms with Gasteiger partial charge in [-0.2, -0.15) is 4.98 Å². The number of phenolic OH excluding ortho intramolecular Hbond substituents is 1. The van der Waals surface area contributed by atoms with Crippen molar-refractivity contribution >= 4 is 11.6 Å². The van der Waals surface area contributed by atoms with E-state index in [1.165, 1.54) is 6.07 Å². The molecule has 1 fully saturated rings. The molecular weight excluding hydrogens is 268 g/mol. The van der Waals surface area contributed by atoms with Gasteiger partial charge in [0.25, 0.3) is 5.89 Å². The van der Waals surface area contributed by atoms with Crippen LogP contribution in [0.15, 0.2) is 22.7 Å². The van der Waals surface area contributed by atoms with Crippen LogP contribution in [0, 0.1) is 0 Å². The van der Waals surface area contributed by atoms with E-state index in [-0.39, 0.29) is 10.8 Å². The number of nitrogens with zero attached hydrogens (tertiary/aromatic N) is 2. The average Bonchev–Trinajstić information content (AvgIpc) is 3.02. The molecule has 1 aromatic carbocycles. The van der Waals surface area contributed by atoms with E-state index < -0.39 is 5.60 Å². The zero-order valence-electron chi connectivity index (χ0n) is 10.4. The Balaban J connectivity index is 1.94. The van der Waals surface area contributed by atoms with Crippen LogP contribution in [0.3, 0.4) is 0 Å². The molecule has 1 unspecified atom stereocenters. The lowest BCUT2D eigenvalue weighted by Crippen LogP contribution is -2.21. The Morgan fingerprint density at radius 2 is 2.26 bits per heavy atom. The van der Waals surface area contributed by atoms with Crippen LogP contribution in [0.1, 0.15) is 25.6 Å². The predicted octanol–water partition coefficient (Wildman–Crippen LogP) is 3.12. The van der Waals surface area contributed by atoms with Gasteiger partial charge in [0.15, 0.2) is 0 Å². The highest BCUT2D eigenvalue weighted by Gasteiger charge is 2.36. The zero-order chi connectivity index (χ0) is 13.5. The van der Waals surface area contributed by atoms with Crippen LogP contribution in [-0.4, -0.2) is 21.9 Å². The third kappa shape index (κ3) is 2.19. The van der Waals surface area contributed by atoms with E-state index in [4.69, 9.17) is 20.9 Å². The molecule has 5 nitrogen and oxygen atoms in total. The van der Waals surface area contributed by atoms with E-state index in [2.05, 4.69) is 10.1 Å². The fourth-order valence-electron chi connectivity index (χ4n) is 2.15. The normalized spacial score (nSPS) is 22.8. The summed E-state index contributed by atoms with van der Waals surface area (Å²) in [4.78, 5) is 4.36. The van der Waals surface area contributed by atoms with E-state index in [0.29, 0.717) is 23.9 Å². The Morgan fingerprint density at radius 3 is 2.95 bits per heavy atom. The Kier molecular flexibility index (Phi) is 2.95. The van der Waals surface area contributed by atoms with Gasteiger partial charge < -0.3 is 14.4 Å². The number of phenols is 1. The first kappa shape index (κ1) is 12.4. The summed E-state index contributed by atoms with van der Waals surface area (Å²) in [6, 6.07) is 4.76. The zero-order valence-corrected chi connectivity index (χ0v) is 11.1. The summed E-state index contributed by atoms with van der Waals surface area (Å²) in [6.45, 7) is 2.67. The molecule has 2 aromatic rings. The van der Waals surface area contributed by atoms with Gasteiger partial charge in [0.1, 0.15) is 11.4 Å². The molecule has 2 heterocycles. The lowest BCUT2D eigenvalue weighted by Gasteiger charge is -2.17. The smallest absolute Gasteiger partial charge is 0.258 e. The SMILES string of the molecule is CC1(c2noc(-c3ccc(O)c(Cl)c3)n2)CCCO1. The van der Waals surface area contributed by atoms with Crippen molar-refractivity contribution in [1.82, 2.24) is 10.1 Å².